The van der Waals surface area contributed by atoms with Crippen LogP contribution in [-0.2, 0) is 4.74 Å². The molecule has 0 radical (unpaired) electrons. The Bertz CT molecular complexity index is 630. The fourth-order valence-electron chi connectivity index (χ4n) is 2.37. The fraction of sp³-hybridized carbons (Fsp3) is 0.545. The van der Waals surface area contributed by atoms with Crippen molar-refractivity contribution in [1.29, 1.82) is 0 Å². The van der Waals surface area contributed by atoms with Gasteiger partial charge < -0.3 is 25.8 Å². The van der Waals surface area contributed by atoms with Gasteiger partial charge in [-0.1, -0.05) is 0 Å². The van der Waals surface area contributed by atoms with Gasteiger partial charge >= 0.3 is 0 Å². The number of aliphatic hydroxyl groups is 3. The van der Waals surface area contributed by atoms with Crippen LogP contribution in [0.2, 0.25) is 0 Å². The summed E-state index contributed by atoms with van der Waals surface area (Å²) in [6.07, 6.45) is -2.42. The Morgan fingerprint density at radius 3 is 2.70 bits per heavy atom. The summed E-state index contributed by atoms with van der Waals surface area (Å²) >= 11 is 0. The molecule has 0 aromatic carbocycles. The molecule has 0 unspecified atom stereocenters. The number of nitrogens with zero attached hydrogens (tertiary/aromatic N) is 4. The monoisotopic (exact) mass is 281 g/mol. The number of hydrogen-bond acceptors (Lipinski definition) is 8. The maximum absolute atomic E-state index is 10.1. The Morgan fingerprint density at radius 1 is 1.30 bits per heavy atom. The van der Waals surface area contributed by atoms with Gasteiger partial charge in [0, 0.05) is 0 Å². The molecule has 9 heteroatoms. The first-order valence-electron chi connectivity index (χ1n) is 6.13. The van der Waals surface area contributed by atoms with E-state index in [4.69, 9.17) is 10.5 Å². The smallest absolute Gasteiger partial charge is 0.167 e. The predicted octanol–water partition coefficient (Wildman–Crippen LogP) is -1.59. The zero-order valence-electron chi connectivity index (χ0n) is 10.7. The summed E-state index contributed by atoms with van der Waals surface area (Å²) in [6, 6.07) is 0. The van der Waals surface area contributed by atoms with Gasteiger partial charge in [0.2, 0.25) is 0 Å². The van der Waals surface area contributed by atoms with Crippen LogP contribution in [0.25, 0.3) is 11.2 Å². The molecular formula is C11H15N5O4. The van der Waals surface area contributed by atoms with E-state index in [0.717, 1.165) is 0 Å². The summed E-state index contributed by atoms with van der Waals surface area (Å²) in [4.78, 5) is 11.9. The highest BCUT2D eigenvalue weighted by molar-refractivity contribution is 5.81. The van der Waals surface area contributed by atoms with Crippen LogP contribution in [0.3, 0.4) is 0 Å². The summed E-state index contributed by atoms with van der Waals surface area (Å²) in [7, 11) is 0. The van der Waals surface area contributed by atoms with Crippen LogP contribution in [0.1, 0.15) is 13.2 Å². The van der Waals surface area contributed by atoms with E-state index in [-0.39, 0.29) is 5.82 Å². The van der Waals surface area contributed by atoms with Gasteiger partial charge in [0.25, 0.3) is 0 Å². The Hall–Kier alpha value is -1.81. The van der Waals surface area contributed by atoms with Crippen LogP contribution in [0.5, 0.6) is 0 Å². The Morgan fingerprint density at radius 2 is 2.05 bits per heavy atom. The molecule has 2 aromatic heterocycles. The largest absolute Gasteiger partial charge is 0.391 e. The van der Waals surface area contributed by atoms with Crippen LogP contribution in [0.15, 0.2) is 12.7 Å². The first kappa shape index (κ1) is 13.2. The molecule has 9 nitrogen and oxygen atoms in total. The zero-order chi connectivity index (χ0) is 14.4. The van der Waals surface area contributed by atoms with E-state index in [9.17, 15) is 15.3 Å². The molecule has 3 rings (SSSR count). The number of hydrogen-bond donors (Lipinski definition) is 4. The van der Waals surface area contributed by atoms with Gasteiger partial charge in [0.05, 0.1) is 12.4 Å². The van der Waals surface area contributed by atoms with Crippen molar-refractivity contribution in [3.63, 3.8) is 0 Å². The molecule has 3 heterocycles. The first-order chi connectivity index (χ1) is 9.50. The minimum Gasteiger partial charge on any atom is -0.391 e. The topological polar surface area (TPSA) is 140 Å². The zero-order valence-corrected chi connectivity index (χ0v) is 10.7. The van der Waals surface area contributed by atoms with Crippen LogP contribution in [-0.4, -0.2) is 59.3 Å². The van der Waals surface area contributed by atoms with E-state index in [2.05, 4.69) is 15.0 Å². The quantitative estimate of drug-likeness (QED) is 0.516. The molecule has 108 valence electrons. The van der Waals surface area contributed by atoms with Gasteiger partial charge in [-0.2, -0.15) is 0 Å². The van der Waals surface area contributed by atoms with Crippen molar-refractivity contribution >= 4 is 17.0 Å². The molecule has 1 aliphatic rings. The summed E-state index contributed by atoms with van der Waals surface area (Å²) < 4.78 is 6.97. The Labute approximate surface area is 113 Å². The van der Waals surface area contributed by atoms with Crippen molar-refractivity contribution < 1.29 is 20.1 Å². The lowest BCUT2D eigenvalue weighted by Gasteiger charge is -2.17. The number of aromatic nitrogens is 4. The molecule has 20 heavy (non-hydrogen) atoms. The summed E-state index contributed by atoms with van der Waals surface area (Å²) in [6.45, 7) is 1.48. The highest BCUT2D eigenvalue weighted by Crippen LogP contribution is 2.33. The Balaban J connectivity index is 2.02. The van der Waals surface area contributed by atoms with E-state index in [1.165, 1.54) is 24.1 Å². The highest BCUT2D eigenvalue weighted by Gasteiger charge is 2.46. The molecule has 1 aliphatic heterocycles. The predicted molar refractivity (Wildman–Crippen MR) is 67.3 cm³/mol. The molecule has 0 spiro atoms. The number of imidazole rings is 1. The number of nitrogens with two attached hydrogens (primary N) is 1. The first-order valence-corrected chi connectivity index (χ1v) is 6.13. The van der Waals surface area contributed by atoms with E-state index in [1.54, 1.807) is 0 Å². The molecule has 0 amide bonds. The van der Waals surface area contributed by atoms with Crippen molar-refractivity contribution in [2.45, 2.75) is 37.6 Å². The van der Waals surface area contributed by atoms with Gasteiger partial charge in [0.1, 0.15) is 30.2 Å². The molecule has 1 saturated heterocycles. The van der Waals surface area contributed by atoms with Gasteiger partial charge in [-0.15, -0.1) is 0 Å². The second kappa shape index (κ2) is 4.63. The average Bonchev–Trinajstić information content (AvgIpc) is 2.94. The van der Waals surface area contributed by atoms with Crippen LogP contribution >= 0.6 is 0 Å². The normalized spacial score (nSPS) is 31.8. The van der Waals surface area contributed by atoms with Crippen LogP contribution in [0.4, 0.5) is 5.82 Å². The van der Waals surface area contributed by atoms with Crippen molar-refractivity contribution in [3.8, 4) is 0 Å². The summed E-state index contributed by atoms with van der Waals surface area (Å²) in [5, 5.41) is 29.5. The maximum atomic E-state index is 10.1. The molecule has 0 bridgehead atoms. The van der Waals surface area contributed by atoms with E-state index < -0.39 is 30.6 Å². The number of ether oxygens (including phenoxy) is 1. The number of rotatable bonds is 2. The number of aliphatic hydroxyl groups excluding tert-OH is 3. The van der Waals surface area contributed by atoms with E-state index in [1.807, 2.05) is 0 Å². The number of fused-ring (bicyclic) bond motifs is 1. The molecule has 5 N–H and O–H groups in total. The highest BCUT2D eigenvalue weighted by atomic mass is 16.6. The number of nitrogen functional groups attached to an aromatic ring is 1. The van der Waals surface area contributed by atoms with Gasteiger partial charge in [-0.05, 0) is 6.92 Å². The van der Waals surface area contributed by atoms with E-state index >= 15 is 0 Å². The van der Waals surface area contributed by atoms with Gasteiger partial charge in [-0.3, -0.25) is 4.57 Å². The van der Waals surface area contributed by atoms with Gasteiger partial charge in [-0.25, -0.2) is 15.0 Å². The minimum absolute atomic E-state index is 0.217. The fourth-order valence-corrected chi connectivity index (χ4v) is 2.37. The van der Waals surface area contributed by atoms with Gasteiger partial charge in [0.15, 0.2) is 17.7 Å². The third-order valence-corrected chi connectivity index (χ3v) is 3.41. The Kier molecular flexibility index (Phi) is 3.05. The second-order valence-electron chi connectivity index (χ2n) is 4.80. The van der Waals surface area contributed by atoms with Crippen molar-refractivity contribution in [3.05, 3.63) is 12.7 Å². The lowest BCUT2D eigenvalue weighted by Crippen LogP contribution is -2.37. The SMILES string of the molecule is C[C@@H](O)[C@@H]1O[C@H](n2cnc3c(N)ncnc32)[C@@H](O)[C@@H]1O. The molecule has 0 aliphatic carbocycles. The van der Waals surface area contributed by atoms with Crippen LogP contribution in [0, 0.1) is 0 Å². The lowest BCUT2D eigenvalue weighted by atomic mass is 10.1. The molecule has 1 fully saturated rings. The molecular weight excluding hydrogens is 266 g/mol. The lowest BCUT2D eigenvalue weighted by molar-refractivity contribution is -0.0777. The average molecular weight is 281 g/mol. The number of anilines is 1. The summed E-state index contributed by atoms with van der Waals surface area (Å²) in [5.41, 5.74) is 6.46. The van der Waals surface area contributed by atoms with Crippen molar-refractivity contribution in [1.82, 2.24) is 19.5 Å². The maximum Gasteiger partial charge on any atom is 0.167 e. The minimum atomic E-state index is -1.21. The third-order valence-electron chi connectivity index (χ3n) is 3.41. The van der Waals surface area contributed by atoms with Crippen molar-refractivity contribution in [2.24, 2.45) is 0 Å². The molecule has 5 atom stereocenters. The van der Waals surface area contributed by atoms with Crippen molar-refractivity contribution in [2.75, 3.05) is 5.73 Å². The third kappa shape index (κ3) is 1.83. The second-order valence-corrected chi connectivity index (χ2v) is 4.80. The van der Waals surface area contributed by atoms with E-state index in [0.29, 0.717) is 11.2 Å². The molecule has 2 aromatic rings. The van der Waals surface area contributed by atoms with Crippen LogP contribution < -0.4 is 5.73 Å². The molecule has 0 saturated carbocycles. The standard InChI is InChI=1S/C11H15N5O4/c1-4(17)8-6(18)7(19)11(20-8)16-3-15-5-9(12)13-2-14-10(5)16/h2-4,6-8,11,17-19H,1H3,(H2,12,13,14)/t4-,6+,7+,8+,11+/m1/s1. The summed E-state index contributed by atoms with van der Waals surface area (Å²) in [5.74, 6) is 0.217.